The molecule has 0 spiro atoms. The van der Waals surface area contributed by atoms with Crippen LogP contribution in [-0.2, 0) is 0 Å². The van der Waals surface area contributed by atoms with E-state index < -0.39 is 5.91 Å². The molecule has 0 aliphatic carbocycles. The minimum absolute atomic E-state index is 0.253. The lowest BCUT2D eigenvalue weighted by Gasteiger charge is -2.47. The van der Waals surface area contributed by atoms with Crippen LogP contribution in [0.2, 0.25) is 0 Å². The molecule has 2 rings (SSSR count). The van der Waals surface area contributed by atoms with Crippen molar-refractivity contribution in [3.63, 3.8) is 0 Å². The van der Waals surface area contributed by atoms with Crippen molar-refractivity contribution < 1.29 is 10.0 Å². The van der Waals surface area contributed by atoms with E-state index >= 15 is 0 Å². The van der Waals surface area contributed by atoms with Gasteiger partial charge in [0.2, 0.25) is 5.95 Å². The number of aromatic nitrogens is 2. The Morgan fingerprint density at radius 1 is 1.55 bits per heavy atom. The van der Waals surface area contributed by atoms with Crippen LogP contribution in [0.15, 0.2) is 12.4 Å². The minimum Gasteiger partial charge on any atom is -0.337 e. The molecule has 6 nitrogen and oxygen atoms in total. The maximum atomic E-state index is 11.2. The van der Waals surface area contributed by atoms with Gasteiger partial charge in [-0.15, -0.1) is 0 Å². The van der Waals surface area contributed by atoms with Gasteiger partial charge >= 0.3 is 0 Å². The fourth-order valence-corrected chi connectivity index (χ4v) is 2.56. The molecule has 20 heavy (non-hydrogen) atoms. The first-order valence-corrected chi connectivity index (χ1v) is 7.09. The molecule has 6 heteroatoms. The van der Waals surface area contributed by atoms with Crippen LogP contribution >= 0.6 is 0 Å². The second-order valence-electron chi connectivity index (χ2n) is 5.66. The third-order valence-corrected chi connectivity index (χ3v) is 4.14. The molecule has 1 aliphatic heterocycles. The van der Waals surface area contributed by atoms with Crippen molar-refractivity contribution in [2.75, 3.05) is 11.4 Å². The predicted molar refractivity (Wildman–Crippen MR) is 75.7 cm³/mol. The van der Waals surface area contributed by atoms with E-state index in [9.17, 15) is 4.79 Å². The van der Waals surface area contributed by atoms with Gasteiger partial charge in [0.05, 0.1) is 5.56 Å². The SMILES string of the molecule is CCC(C)CC1C(C)CN1c1ncc(C(=O)NO)cn1. The molecule has 1 fully saturated rings. The van der Waals surface area contributed by atoms with Crippen LogP contribution in [0.25, 0.3) is 0 Å². The number of rotatable bonds is 5. The summed E-state index contributed by atoms with van der Waals surface area (Å²) < 4.78 is 0. The number of carbonyl (C=O) groups is 1. The van der Waals surface area contributed by atoms with Crippen LogP contribution in [0.5, 0.6) is 0 Å². The summed E-state index contributed by atoms with van der Waals surface area (Å²) in [6, 6.07) is 0.475. The van der Waals surface area contributed by atoms with Crippen LogP contribution in [0.1, 0.15) is 44.0 Å². The van der Waals surface area contributed by atoms with Gasteiger partial charge in [0.1, 0.15) is 0 Å². The highest BCUT2D eigenvalue weighted by molar-refractivity contribution is 5.92. The van der Waals surface area contributed by atoms with Gasteiger partial charge in [-0.3, -0.25) is 10.0 Å². The molecule has 0 bridgehead atoms. The second-order valence-corrected chi connectivity index (χ2v) is 5.66. The Hall–Kier alpha value is -1.69. The van der Waals surface area contributed by atoms with Gasteiger partial charge in [0.25, 0.3) is 5.91 Å². The van der Waals surface area contributed by atoms with Crippen LogP contribution in [0, 0.1) is 11.8 Å². The number of anilines is 1. The molecule has 1 aromatic heterocycles. The molecule has 1 aromatic rings. The lowest BCUT2D eigenvalue weighted by Crippen LogP contribution is -2.56. The predicted octanol–water partition coefficient (Wildman–Crippen LogP) is 1.86. The van der Waals surface area contributed by atoms with E-state index in [0.717, 1.165) is 13.0 Å². The fourth-order valence-electron chi connectivity index (χ4n) is 2.56. The van der Waals surface area contributed by atoms with Gasteiger partial charge in [-0.05, 0) is 18.3 Å². The third kappa shape index (κ3) is 2.90. The molecular weight excluding hydrogens is 256 g/mol. The van der Waals surface area contributed by atoms with Crippen LogP contribution < -0.4 is 10.4 Å². The molecule has 0 aromatic carbocycles. The normalized spacial score (nSPS) is 23.1. The van der Waals surface area contributed by atoms with Crippen molar-refractivity contribution in [3.05, 3.63) is 18.0 Å². The van der Waals surface area contributed by atoms with Gasteiger partial charge in [-0.2, -0.15) is 0 Å². The average Bonchev–Trinajstić information content (AvgIpc) is 2.49. The summed E-state index contributed by atoms with van der Waals surface area (Å²) in [5.41, 5.74) is 1.83. The number of hydrogen-bond donors (Lipinski definition) is 2. The molecule has 3 unspecified atom stereocenters. The van der Waals surface area contributed by atoms with E-state index in [1.165, 1.54) is 18.8 Å². The van der Waals surface area contributed by atoms with Crippen LogP contribution in [-0.4, -0.2) is 33.7 Å². The maximum absolute atomic E-state index is 11.2. The Kier molecular flexibility index (Phi) is 4.54. The lowest BCUT2D eigenvalue weighted by atomic mass is 9.83. The van der Waals surface area contributed by atoms with E-state index in [-0.39, 0.29) is 5.56 Å². The first-order chi connectivity index (χ1) is 9.56. The summed E-state index contributed by atoms with van der Waals surface area (Å²) >= 11 is 0. The van der Waals surface area contributed by atoms with E-state index in [4.69, 9.17) is 5.21 Å². The van der Waals surface area contributed by atoms with Crippen molar-refractivity contribution in [1.29, 1.82) is 0 Å². The zero-order valence-corrected chi connectivity index (χ0v) is 12.2. The highest BCUT2D eigenvalue weighted by Crippen LogP contribution is 2.33. The molecule has 3 atom stereocenters. The number of nitrogens with one attached hydrogen (secondary N) is 1. The Labute approximate surface area is 119 Å². The van der Waals surface area contributed by atoms with Gasteiger partial charge in [0, 0.05) is 25.0 Å². The maximum Gasteiger partial charge on any atom is 0.277 e. The van der Waals surface area contributed by atoms with Crippen LogP contribution in [0.4, 0.5) is 5.95 Å². The molecule has 1 aliphatic rings. The highest BCUT2D eigenvalue weighted by Gasteiger charge is 2.37. The first kappa shape index (κ1) is 14.7. The number of nitrogens with zero attached hydrogens (tertiary/aromatic N) is 3. The molecule has 2 heterocycles. The van der Waals surface area contributed by atoms with Gasteiger partial charge in [-0.1, -0.05) is 27.2 Å². The summed E-state index contributed by atoms with van der Waals surface area (Å²) in [5.74, 6) is 1.40. The Morgan fingerprint density at radius 3 is 2.70 bits per heavy atom. The van der Waals surface area contributed by atoms with Crippen molar-refractivity contribution in [2.45, 2.75) is 39.7 Å². The van der Waals surface area contributed by atoms with E-state index in [1.54, 1.807) is 5.48 Å². The Balaban J connectivity index is 2.06. The monoisotopic (exact) mass is 278 g/mol. The molecule has 0 saturated carbocycles. The summed E-state index contributed by atoms with van der Waals surface area (Å²) in [7, 11) is 0. The van der Waals surface area contributed by atoms with Gasteiger partial charge in [-0.25, -0.2) is 15.4 Å². The quantitative estimate of drug-likeness (QED) is 0.635. The zero-order valence-electron chi connectivity index (χ0n) is 12.2. The molecule has 1 saturated heterocycles. The lowest BCUT2D eigenvalue weighted by molar-refractivity contribution is 0.0705. The summed E-state index contributed by atoms with van der Waals surface area (Å²) in [6.45, 7) is 7.67. The number of carbonyl (C=O) groups excluding carboxylic acids is 1. The minimum atomic E-state index is -0.593. The van der Waals surface area contributed by atoms with E-state index in [1.807, 2.05) is 0 Å². The third-order valence-electron chi connectivity index (χ3n) is 4.14. The number of hydroxylamine groups is 1. The average molecular weight is 278 g/mol. The molecule has 1 amide bonds. The fraction of sp³-hybridized carbons (Fsp3) is 0.643. The van der Waals surface area contributed by atoms with Crippen molar-refractivity contribution >= 4 is 11.9 Å². The number of amides is 1. The Morgan fingerprint density at radius 2 is 2.20 bits per heavy atom. The largest absolute Gasteiger partial charge is 0.337 e. The summed E-state index contributed by atoms with van der Waals surface area (Å²) in [6.07, 6.45) is 5.20. The van der Waals surface area contributed by atoms with Gasteiger partial charge in [0.15, 0.2) is 0 Å². The Bertz CT molecular complexity index is 463. The van der Waals surface area contributed by atoms with Crippen molar-refractivity contribution in [2.24, 2.45) is 11.8 Å². The zero-order chi connectivity index (χ0) is 14.7. The van der Waals surface area contributed by atoms with Crippen molar-refractivity contribution in [1.82, 2.24) is 15.4 Å². The molecular formula is C14H22N4O2. The molecule has 2 N–H and O–H groups in total. The summed E-state index contributed by atoms with van der Waals surface area (Å²) in [5, 5.41) is 8.56. The van der Waals surface area contributed by atoms with Crippen molar-refractivity contribution in [3.8, 4) is 0 Å². The highest BCUT2D eigenvalue weighted by atomic mass is 16.5. The van der Waals surface area contributed by atoms with E-state index in [0.29, 0.717) is 23.8 Å². The summed E-state index contributed by atoms with van der Waals surface area (Å²) in [4.78, 5) is 21.9. The van der Waals surface area contributed by atoms with Gasteiger partial charge < -0.3 is 4.90 Å². The standard InChI is InChI=1S/C14H22N4O2/c1-4-9(2)5-12-10(3)8-18(12)14-15-6-11(7-16-14)13(19)17-20/h6-7,9-10,12,20H,4-5,8H2,1-3H3,(H,17,19). The second kappa shape index (κ2) is 6.17. The molecule has 0 radical (unpaired) electrons. The van der Waals surface area contributed by atoms with Crippen LogP contribution in [0.3, 0.4) is 0 Å². The molecule has 110 valence electrons. The first-order valence-electron chi connectivity index (χ1n) is 7.09. The topological polar surface area (TPSA) is 78.4 Å². The smallest absolute Gasteiger partial charge is 0.277 e. The van der Waals surface area contributed by atoms with E-state index in [2.05, 4.69) is 35.6 Å². The number of hydrogen-bond acceptors (Lipinski definition) is 5.